The predicted octanol–water partition coefficient (Wildman–Crippen LogP) is 5.58. The van der Waals surface area contributed by atoms with E-state index in [1.165, 1.54) is 30.4 Å². The maximum Gasteiger partial charge on any atom is 0.242 e. The molecular formula is C27H37N3O2S. The third kappa shape index (κ3) is 5.84. The number of thiazole rings is 1. The van der Waals surface area contributed by atoms with E-state index in [1.807, 2.05) is 17.2 Å². The van der Waals surface area contributed by atoms with E-state index in [2.05, 4.69) is 37.4 Å². The van der Waals surface area contributed by atoms with Gasteiger partial charge in [-0.05, 0) is 63.6 Å². The molecule has 0 bridgehead atoms. The third-order valence-corrected chi connectivity index (χ3v) is 8.33. The van der Waals surface area contributed by atoms with Crippen molar-refractivity contribution in [2.45, 2.75) is 103 Å². The SMILES string of the molecule is Cc1ccc(-c2nc(CC(=O)N(C3CCCCC3)C(C)C(=O)NC3CCCC3)cs2)cc1C. The molecular weight excluding hydrogens is 430 g/mol. The van der Waals surface area contributed by atoms with Crippen LogP contribution in [0.3, 0.4) is 0 Å². The molecule has 0 saturated heterocycles. The Morgan fingerprint density at radius 2 is 1.76 bits per heavy atom. The van der Waals surface area contributed by atoms with Crippen molar-refractivity contribution in [2.24, 2.45) is 0 Å². The number of hydrogen-bond donors (Lipinski definition) is 1. The first-order valence-electron chi connectivity index (χ1n) is 12.6. The van der Waals surface area contributed by atoms with Gasteiger partial charge in [-0.15, -0.1) is 11.3 Å². The molecule has 1 atom stereocenters. The van der Waals surface area contributed by atoms with Crippen LogP contribution in [0.25, 0.3) is 10.6 Å². The van der Waals surface area contributed by atoms with Crippen LogP contribution in [0.2, 0.25) is 0 Å². The summed E-state index contributed by atoms with van der Waals surface area (Å²) in [4.78, 5) is 33.3. The molecule has 0 aliphatic heterocycles. The van der Waals surface area contributed by atoms with Gasteiger partial charge in [0.15, 0.2) is 0 Å². The van der Waals surface area contributed by atoms with Crippen molar-refractivity contribution in [3.05, 3.63) is 40.4 Å². The van der Waals surface area contributed by atoms with Gasteiger partial charge in [-0.25, -0.2) is 4.98 Å². The zero-order valence-corrected chi connectivity index (χ0v) is 21.0. The van der Waals surface area contributed by atoms with Crippen molar-refractivity contribution < 1.29 is 9.59 Å². The molecule has 5 nitrogen and oxygen atoms in total. The second-order valence-electron chi connectivity index (χ2n) is 9.88. The van der Waals surface area contributed by atoms with Crippen LogP contribution in [0.1, 0.15) is 81.5 Å². The van der Waals surface area contributed by atoms with E-state index in [-0.39, 0.29) is 30.3 Å². The minimum absolute atomic E-state index is 0.00470. The molecule has 2 aliphatic rings. The lowest BCUT2D eigenvalue weighted by atomic mass is 9.92. The Balaban J connectivity index is 1.48. The van der Waals surface area contributed by atoms with E-state index in [0.717, 1.165) is 54.8 Å². The van der Waals surface area contributed by atoms with E-state index >= 15 is 0 Å². The number of aromatic nitrogens is 1. The lowest BCUT2D eigenvalue weighted by Crippen LogP contribution is -2.54. The highest BCUT2D eigenvalue weighted by Gasteiger charge is 2.34. The summed E-state index contributed by atoms with van der Waals surface area (Å²) in [6.45, 7) is 6.12. The average Bonchev–Trinajstić information content (AvgIpc) is 3.49. The minimum Gasteiger partial charge on any atom is -0.352 e. The first-order valence-corrected chi connectivity index (χ1v) is 13.4. The van der Waals surface area contributed by atoms with E-state index in [1.54, 1.807) is 11.3 Å². The summed E-state index contributed by atoms with van der Waals surface area (Å²) in [6.07, 6.45) is 10.1. The quantitative estimate of drug-likeness (QED) is 0.578. The van der Waals surface area contributed by atoms with Gasteiger partial charge in [0.1, 0.15) is 11.0 Å². The first kappa shape index (κ1) is 23.9. The molecule has 1 heterocycles. The molecule has 6 heteroatoms. The third-order valence-electron chi connectivity index (χ3n) is 7.39. The number of carbonyl (C=O) groups excluding carboxylic acids is 2. The number of rotatable bonds is 7. The van der Waals surface area contributed by atoms with Gasteiger partial charge in [-0.3, -0.25) is 9.59 Å². The van der Waals surface area contributed by atoms with Gasteiger partial charge < -0.3 is 10.2 Å². The topological polar surface area (TPSA) is 62.3 Å². The number of nitrogens with one attached hydrogen (secondary N) is 1. The maximum absolute atomic E-state index is 13.6. The molecule has 2 aliphatic carbocycles. The van der Waals surface area contributed by atoms with Crippen LogP contribution in [0.4, 0.5) is 0 Å². The molecule has 1 unspecified atom stereocenters. The molecule has 1 aromatic carbocycles. The van der Waals surface area contributed by atoms with Gasteiger partial charge in [0.25, 0.3) is 0 Å². The monoisotopic (exact) mass is 467 g/mol. The Bertz CT molecular complexity index is 973. The highest BCUT2D eigenvalue weighted by molar-refractivity contribution is 7.13. The molecule has 33 heavy (non-hydrogen) atoms. The number of amides is 2. The molecule has 1 aromatic heterocycles. The van der Waals surface area contributed by atoms with E-state index in [0.29, 0.717) is 0 Å². The molecule has 0 spiro atoms. The van der Waals surface area contributed by atoms with E-state index in [4.69, 9.17) is 4.98 Å². The number of carbonyl (C=O) groups is 2. The lowest BCUT2D eigenvalue weighted by Gasteiger charge is -2.38. The summed E-state index contributed by atoms with van der Waals surface area (Å²) in [7, 11) is 0. The summed E-state index contributed by atoms with van der Waals surface area (Å²) in [5.41, 5.74) is 4.39. The van der Waals surface area contributed by atoms with Gasteiger partial charge in [0, 0.05) is 23.0 Å². The summed E-state index contributed by atoms with van der Waals surface area (Å²) in [6, 6.07) is 6.33. The van der Waals surface area contributed by atoms with Crippen molar-refractivity contribution in [3.63, 3.8) is 0 Å². The van der Waals surface area contributed by atoms with Crippen LogP contribution in [-0.2, 0) is 16.0 Å². The normalized spacial score (nSPS) is 18.3. The smallest absolute Gasteiger partial charge is 0.242 e. The van der Waals surface area contributed by atoms with E-state index < -0.39 is 6.04 Å². The first-order chi connectivity index (χ1) is 15.9. The van der Waals surface area contributed by atoms with Crippen molar-refractivity contribution >= 4 is 23.2 Å². The molecule has 1 N–H and O–H groups in total. The number of aryl methyl sites for hydroxylation is 2. The minimum atomic E-state index is -0.445. The second-order valence-corrected chi connectivity index (χ2v) is 10.7. The average molecular weight is 468 g/mol. The highest BCUT2D eigenvalue weighted by Crippen LogP contribution is 2.28. The summed E-state index contributed by atoms with van der Waals surface area (Å²) in [5.74, 6) is 0.0165. The molecule has 4 rings (SSSR count). The zero-order chi connectivity index (χ0) is 23.4. The van der Waals surface area contributed by atoms with Crippen LogP contribution >= 0.6 is 11.3 Å². The largest absolute Gasteiger partial charge is 0.352 e. The van der Waals surface area contributed by atoms with Crippen LogP contribution in [0.5, 0.6) is 0 Å². The van der Waals surface area contributed by atoms with Gasteiger partial charge >= 0.3 is 0 Å². The Morgan fingerprint density at radius 1 is 1.06 bits per heavy atom. The molecule has 2 saturated carbocycles. The Morgan fingerprint density at radius 3 is 2.45 bits per heavy atom. The number of hydrogen-bond acceptors (Lipinski definition) is 4. The molecule has 0 radical (unpaired) electrons. The van der Waals surface area contributed by atoms with Gasteiger partial charge in [0.05, 0.1) is 12.1 Å². The standard InChI is InChI=1S/C27H37N3O2S/c1-18-13-14-21(15-19(18)2)27-29-23(17-33-27)16-25(31)30(24-11-5-4-6-12-24)20(3)26(32)28-22-9-7-8-10-22/h13-15,17,20,22,24H,4-12,16H2,1-3H3,(H,28,32). The predicted molar refractivity (Wildman–Crippen MR) is 134 cm³/mol. The zero-order valence-electron chi connectivity index (χ0n) is 20.2. The summed E-state index contributed by atoms with van der Waals surface area (Å²) in [5, 5.41) is 6.14. The summed E-state index contributed by atoms with van der Waals surface area (Å²) >= 11 is 1.58. The van der Waals surface area contributed by atoms with Crippen LogP contribution in [0, 0.1) is 13.8 Å². The fraction of sp³-hybridized carbons (Fsp3) is 0.593. The molecule has 2 aromatic rings. The summed E-state index contributed by atoms with van der Waals surface area (Å²) < 4.78 is 0. The number of nitrogens with zero attached hydrogens (tertiary/aromatic N) is 2. The highest BCUT2D eigenvalue weighted by atomic mass is 32.1. The molecule has 2 amide bonds. The van der Waals surface area contributed by atoms with Gasteiger partial charge in [0.2, 0.25) is 11.8 Å². The van der Waals surface area contributed by atoms with Crippen LogP contribution < -0.4 is 5.32 Å². The fourth-order valence-corrected chi connectivity index (χ4v) is 6.07. The van der Waals surface area contributed by atoms with Crippen molar-refractivity contribution in [1.82, 2.24) is 15.2 Å². The van der Waals surface area contributed by atoms with E-state index in [9.17, 15) is 9.59 Å². The molecule has 2 fully saturated rings. The maximum atomic E-state index is 13.6. The van der Waals surface area contributed by atoms with Crippen LogP contribution in [0.15, 0.2) is 23.6 Å². The Kier molecular flexibility index (Phi) is 7.84. The lowest BCUT2D eigenvalue weighted by molar-refractivity contribution is -0.143. The molecule has 178 valence electrons. The van der Waals surface area contributed by atoms with Gasteiger partial charge in [-0.2, -0.15) is 0 Å². The Hall–Kier alpha value is -2.21. The van der Waals surface area contributed by atoms with Crippen molar-refractivity contribution in [1.29, 1.82) is 0 Å². The van der Waals surface area contributed by atoms with Crippen molar-refractivity contribution in [3.8, 4) is 10.6 Å². The number of benzene rings is 1. The van der Waals surface area contributed by atoms with Gasteiger partial charge in [-0.1, -0.05) is 44.2 Å². The van der Waals surface area contributed by atoms with Crippen molar-refractivity contribution in [2.75, 3.05) is 0 Å². The fourth-order valence-electron chi connectivity index (χ4n) is 5.25. The second kappa shape index (κ2) is 10.8. The Labute approximate surface area is 202 Å². The van der Waals surface area contributed by atoms with Crippen LogP contribution in [-0.4, -0.2) is 39.8 Å².